The molecule has 194 valence electrons. The van der Waals surface area contributed by atoms with E-state index in [0.29, 0.717) is 43.6 Å². The molecule has 0 radical (unpaired) electrons. The molecule has 2 saturated carbocycles. The third-order valence-corrected chi connectivity index (χ3v) is 7.57. The van der Waals surface area contributed by atoms with Gasteiger partial charge < -0.3 is 18.9 Å². The summed E-state index contributed by atoms with van der Waals surface area (Å²) >= 11 is 0. The average molecular weight is 486 g/mol. The van der Waals surface area contributed by atoms with Gasteiger partial charge in [0.15, 0.2) is 0 Å². The smallest absolute Gasteiger partial charge is 0.373 e. The Morgan fingerprint density at radius 1 is 1.00 bits per heavy atom. The maximum atomic E-state index is 12.1. The van der Waals surface area contributed by atoms with Crippen LogP contribution in [-0.4, -0.2) is 61.6 Å². The minimum absolute atomic E-state index is 0.129. The highest BCUT2D eigenvalue weighted by molar-refractivity contribution is 5.86. The quantitative estimate of drug-likeness (QED) is 0.256. The summed E-state index contributed by atoms with van der Waals surface area (Å²) in [6.45, 7) is 7.11. The number of nitrogens with zero attached hydrogens (tertiary/aromatic N) is 1. The van der Waals surface area contributed by atoms with Gasteiger partial charge in [-0.1, -0.05) is 43.2 Å². The molecule has 3 fully saturated rings. The predicted octanol–water partition coefficient (Wildman–Crippen LogP) is 5.26. The molecule has 2 aliphatic carbocycles. The van der Waals surface area contributed by atoms with E-state index < -0.39 is 0 Å². The fourth-order valence-electron chi connectivity index (χ4n) is 5.84. The zero-order valence-electron chi connectivity index (χ0n) is 21.5. The summed E-state index contributed by atoms with van der Waals surface area (Å²) in [5.41, 5.74) is 1.37. The number of benzene rings is 1. The van der Waals surface area contributed by atoms with Gasteiger partial charge in [0.1, 0.15) is 0 Å². The first-order chi connectivity index (χ1) is 17.2. The Hall–Kier alpha value is -1.89. The van der Waals surface area contributed by atoms with Gasteiger partial charge in [-0.2, -0.15) is 0 Å². The van der Waals surface area contributed by atoms with E-state index in [1.54, 1.807) is 0 Å². The molecule has 0 aromatic heterocycles. The summed E-state index contributed by atoms with van der Waals surface area (Å²) in [5, 5.41) is 0. The van der Waals surface area contributed by atoms with Crippen LogP contribution in [0.25, 0.3) is 0 Å². The van der Waals surface area contributed by atoms with Gasteiger partial charge >= 0.3 is 5.97 Å². The Morgan fingerprint density at radius 3 is 2.49 bits per heavy atom. The van der Waals surface area contributed by atoms with Crippen molar-refractivity contribution >= 4 is 5.97 Å². The van der Waals surface area contributed by atoms with E-state index in [4.69, 9.17) is 18.9 Å². The topological polar surface area (TPSA) is 57.2 Å². The number of ether oxygens (including phenoxy) is 4. The van der Waals surface area contributed by atoms with Crippen LogP contribution in [0.4, 0.5) is 0 Å². The van der Waals surface area contributed by atoms with E-state index in [1.165, 1.54) is 24.8 Å². The Morgan fingerprint density at radius 2 is 1.74 bits per heavy atom. The Labute approximate surface area is 210 Å². The van der Waals surface area contributed by atoms with Crippen LogP contribution in [0.1, 0.15) is 70.8 Å². The number of morpholine rings is 1. The van der Waals surface area contributed by atoms with Crippen LogP contribution in [0.5, 0.6) is 0 Å². The van der Waals surface area contributed by atoms with E-state index in [-0.39, 0.29) is 18.2 Å². The van der Waals surface area contributed by atoms with E-state index >= 15 is 0 Å². The second-order valence-corrected chi connectivity index (χ2v) is 10.1. The molecule has 6 nitrogen and oxygen atoms in total. The lowest BCUT2D eigenvalue weighted by molar-refractivity contribution is -0.162. The second kappa shape index (κ2) is 13.4. The molecule has 0 spiro atoms. The summed E-state index contributed by atoms with van der Waals surface area (Å²) in [6.07, 6.45) is 11.6. The first kappa shape index (κ1) is 26.2. The molecule has 35 heavy (non-hydrogen) atoms. The van der Waals surface area contributed by atoms with Crippen LogP contribution in [0.15, 0.2) is 42.2 Å². The molecule has 1 heterocycles. The van der Waals surface area contributed by atoms with Crippen molar-refractivity contribution in [3.8, 4) is 0 Å². The number of hydrogen-bond donors (Lipinski definition) is 0. The highest BCUT2D eigenvalue weighted by Gasteiger charge is 2.38. The molecule has 4 rings (SSSR count). The lowest BCUT2D eigenvalue weighted by atomic mass is 9.87. The molecule has 0 amide bonds. The molecule has 3 atom stereocenters. The van der Waals surface area contributed by atoms with Crippen LogP contribution in [0.2, 0.25) is 0 Å². The van der Waals surface area contributed by atoms with Gasteiger partial charge in [0.25, 0.3) is 0 Å². The summed E-state index contributed by atoms with van der Waals surface area (Å²) in [7, 11) is 0. The van der Waals surface area contributed by atoms with Crippen molar-refractivity contribution in [1.29, 1.82) is 0 Å². The highest BCUT2D eigenvalue weighted by atomic mass is 16.6. The van der Waals surface area contributed by atoms with Gasteiger partial charge in [0.05, 0.1) is 38.1 Å². The largest absolute Gasteiger partial charge is 0.487 e. The SMILES string of the molecule is CCOC(=O)/C(=C/C1CCC(OCC2CN(Cc3ccccc3)C3CCCCC3O2)CC1)OCC. The lowest BCUT2D eigenvalue weighted by Gasteiger charge is -2.47. The number of allylic oxidation sites excluding steroid dienone is 1. The number of hydrogen-bond acceptors (Lipinski definition) is 6. The summed E-state index contributed by atoms with van der Waals surface area (Å²) in [5.74, 6) is 0.328. The van der Waals surface area contributed by atoms with Gasteiger partial charge in [-0.25, -0.2) is 4.79 Å². The van der Waals surface area contributed by atoms with Gasteiger partial charge in [-0.3, -0.25) is 4.90 Å². The van der Waals surface area contributed by atoms with E-state index in [0.717, 1.165) is 45.2 Å². The predicted molar refractivity (Wildman–Crippen MR) is 136 cm³/mol. The van der Waals surface area contributed by atoms with E-state index in [9.17, 15) is 4.79 Å². The molecular formula is C29H43NO5. The molecule has 1 aromatic rings. The lowest BCUT2D eigenvalue weighted by Crippen LogP contribution is -2.56. The minimum Gasteiger partial charge on any atom is -0.487 e. The van der Waals surface area contributed by atoms with Crippen LogP contribution in [0.3, 0.4) is 0 Å². The molecule has 1 aromatic carbocycles. The molecule has 3 unspecified atom stereocenters. The summed E-state index contributed by atoms with van der Waals surface area (Å²) in [6, 6.07) is 11.3. The molecule has 1 aliphatic heterocycles. The van der Waals surface area contributed by atoms with Gasteiger partial charge in [0, 0.05) is 19.1 Å². The summed E-state index contributed by atoms with van der Waals surface area (Å²) < 4.78 is 23.6. The first-order valence-corrected chi connectivity index (χ1v) is 13.7. The second-order valence-electron chi connectivity index (χ2n) is 10.1. The van der Waals surface area contributed by atoms with Crippen molar-refractivity contribution in [2.45, 2.75) is 96.1 Å². The van der Waals surface area contributed by atoms with Crippen molar-refractivity contribution in [3.05, 3.63) is 47.7 Å². The van der Waals surface area contributed by atoms with Gasteiger partial charge in [0.2, 0.25) is 5.76 Å². The first-order valence-electron chi connectivity index (χ1n) is 13.7. The molecular weight excluding hydrogens is 442 g/mol. The fourth-order valence-corrected chi connectivity index (χ4v) is 5.84. The van der Waals surface area contributed by atoms with Crippen LogP contribution in [-0.2, 0) is 30.3 Å². The maximum absolute atomic E-state index is 12.1. The van der Waals surface area contributed by atoms with E-state index in [1.807, 2.05) is 19.9 Å². The molecule has 6 heteroatoms. The number of carbonyl (C=O) groups excluding carboxylic acids is 1. The normalized spacial score (nSPS) is 29.9. The Bertz CT molecular complexity index is 805. The zero-order chi connectivity index (χ0) is 24.5. The highest BCUT2D eigenvalue weighted by Crippen LogP contribution is 2.33. The third-order valence-electron chi connectivity index (χ3n) is 7.57. The molecule has 0 N–H and O–H groups in total. The molecule has 1 saturated heterocycles. The molecule has 0 bridgehead atoms. The third kappa shape index (κ3) is 7.55. The maximum Gasteiger partial charge on any atom is 0.373 e. The fraction of sp³-hybridized carbons (Fsp3) is 0.690. The minimum atomic E-state index is -0.358. The van der Waals surface area contributed by atoms with Crippen molar-refractivity contribution in [2.75, 3.05) is 26.4 Å². The monoisotopic (exact) mass is 485 g/mol. The number of carbonyl (C=O) groups is 1. The van der Waals surface area contributed by atoms with Crippen molar-refractivity contribution < 1.29 is 23.7 Å². The van der Waals surface area contributed by atoms with Crippen molar-refractivity contribution in [2.24, 2.45) is 5.92 Å². The van der Waals surface area contributed by atoms with Crippen molar-refractivity contribution in [1.82, 2.24) is 4.90 Å². The standard InChI is InChI=1S/C29H43NO5/c1-3-32-28(29(31)33-4-2)18-22-14-16-24(17-15-22)34-21-25-20-30(19-23-10-6-5-7-11-23)26-12-8-9-13-27(26)35-25/h5-7,10-11,18,22,24-27H,3-4,8-9,12-17,19-21H2,1-2H3/b28-18-. The zero-order valence-corrected chi connectivity index (χ0v) is 21.5. The van der Waals surface area contributed by atoms with Crippen molar-refractivity contribution in [3.63, 3.8) is 0 Å². The van der Waals surface area contributed by atoms with Gasteiger partial charge in [-0.15, -0.1) is 0 Å². The Balaban J connectivity index is 1.27. The summed E-state index contributed by atoms with van der Waals surface area (Å²) in [4.78, 5) is 14.8. The molecule has 3 aliphatic rings. The van der Waals surface area contributed by atoms with Gasteiger partial charge in [-0.05, 0) is 69.9 Å². The van der Waals surface area contributed by atoms with Crippen LogP contribution < -0.4 is 0 Å². The van der Waals surface area contributed by atoms with Crippen LogP contribution >= 0.6 is 0 Å². The number of fused-ring (bicyclic) bond motifs is 1. The number of rotatable bonds is 10. The van der Waals surface area contributed by atoms with Crippen LogP contribution in [0, 0.1) is 5.92 Å². The Kier molecular flexibility index (Phi) is 10.0. The van der Waals surface area contributed by atoms with E-state index in [2.05, 4.69) is 35.2 Å². The average Bonchev–Trinajstić information content (AvgIpc) is 2.89. The number of esters is 1.